The summed E-state index contributed by atoms with van der Waals surface area (Å²) in [4.78, 5) is 25.3. The van der Waals surface area contributed by atoms with Crippen molar-refractivity contribution >= 4 is 23.2 Å². The number of esters is 1. The minimum absolute atomic E-state index is 0.0751. The molecular weight excluding hydrogens is 264 g/mol. The van der Waals surface area contributed by atoms with Gasteiger partial charge in [-0.2, -0.15) is 0 Å². The maximum Gasteiger partial charge on any atom is 0.325 e. The monoisotopic (exact) mass is 280 g/mol. The molecule has 0 aliphatic rings. The molecule has 0 saturated carbocycles. The van der Waals surface area contributed by atoms with Crippen LogP contribution in [0.5, 0.6) is 0 Å². The quantitative estimate of drug-likeness (QED) is 0.650. The molecule has 1 aromatic heterocycles. The van der Waals surface area contributed by atoms with Gasteiger partial charge in [0.25, 0.3) is 5.91 Å². The number of likely N-dealkylation sites (N-methyl/N-ethyl adjacent to an activating group) is 1. The van der Waals surface area contributed by atoms with Crippen molar-refractivity contribution in [3.05, 3.63) is 21.9 Å². The molecule has 1 amide bonds. The summed E-state index contributed by atoms with van der Waals surface area (Å²) in [5, 5.41) is 1.78. The third-order valence-corrected chi connectivity index (χ3v) is 3.11. The van der Waals surface area contributed by atoms with Gasteiger partial charge in [0, 0.05) is 12.6 Å². The fraction of sp³-hybridized carbons (Fsp3) is 0.385. The fourth-order valence-corrected chi connectivity index (χ4v) is 2.21. The summed E-state index contributed by atoms with van der Waals surface area (Å²) in [6, 6.07) is 1.76. The van der Waals surface area contributed by atoms with E-state index >= 15 is 0 Å². The normalized spacial score (nSPS) is 9.42. The Bertz CT molecular complexity index is 513. The molecule has 1 aromatic rings. The molecule has 102 valence electrons. The zero-order chi connectivity index (χ0) is 14.3. The van der Waals surface area contributed by atoms with Crippen LogP contribution in [0.4, 0.5) is 0 Å². The lowest BCUT2D eigenvalue weighted by atomic mass is 10.2. The van der Waals surface area contributed by atoms with Gasteiger partial charge in [-0.3, -0.25) is 9.59 Å². The molecule has 2 N–H and O–H groups in total. The van der Waals surface area contributed by atoms with Gasteiger partial charge in [0.05, 0.1) is 13.2 Å². The summed E-state index contributed by atoms with van der Waals surface area (Å²) >= 11 is 1.29. The van der Waals surface area contributed by atoms with Crippen molar-refractivity contribution in [1.29, 1.82) is 0 Å². The van der Waals surface area contributed by atoms with E-state index in [2.05, 4.69) is 11.8 Å². The average Bonchev–Trinajstić information content (AvgIpc) is 2.83. The molecule has 0 aliphatic carbocycles. The summed E-state index contributed by atoms with van der Waals surface area (Å²) in [5.41, 5.74) is 5.94. The van der Waals surface area contributed by atoms with Gasteiger partial charge in [0.1, 0.15) is 11.4 Å². The van der Waals surface area contributed by atoms with Gasteiger partial charge < -0.3 is 15.4 Å². The van der Waals surface area contributed by atoms with Crippen LogP contribution in [-0.4, -0.2) is 43.5 Å². The molecule has 1 rings (SSSR count). The standard InChI is InChI=1S/C13H16N2O3S/c1-3-18-11(16)9-15(2)13(17)12-10(5-4-7-14)6-8-19-12/h6,8H,3,7,9,14H2,1-2H3. The van der Waals surface area contributed by atoms with Crippen LogP contribution in [0.1, 0.15) is 22.2 Å². The molecule has 0 radical (unpaired) electrons. The predicted octanol–water partition coefficient (Wildman–Crippen LogP) is 0.693. The molecular formula is C13H16N2O3S. The van der Waals surface area contributed by atoms with Crippen LogP contribution in [0.3, 0.4) is 0 Å². The first-order valence-electron chi connectivity index (χ1n) is 5.77. The van der Waals surface area contributed by atoms with Crippen molar-refractivity contribution < 1.29 is 14.3 Å². The summed E-state index contributed by atoms with van der Waals surface area (Å²) < 4.78 is 4.80. The van der Waals surface area contributed by atoms with Gasteiger partial charge in [-0.05, 0) is 18.4 Å². The number of hydrogen-bond acceptors (Lipinski definition) is 5. The molecule has 6 heteroatoms. The van der Waals surface area contributed by atoms with E-state index < -0.39 is 5.97 Å². The second-order valence-electron chi connectivity index (χ2n) is 3.64. The number of nitrogens with two attached hydrogens (primary N) is 1. The Balaban J connectivity index is 2.77. The molecule has 0 bridgehead atoms. The van der Waals surface area contributed by atoms with E-state index in [0.29, 0.717) is 17.0 Å². The van der Waals surface area contributed by atoms with Crippen LogP contribution in [0.25, 0.3) is 0 Å². The first-order valence-corrected chi connectivity index (χ1v) is 6.65. The molecule has 0 aliphatic heterocycles. The number of rotatable bonds is 4. The lowest BCUT2D eigenvalue weighted by Crippen LogP contribution is -2.32. The van der Waals surface area contributed by atoms with Gasteiger partial charge >= 0.3 is 5.97 Å². The molecule has 5 nitrogen and oxygen atoms in total. The van der Waals surface area contributed by atoms with Crippen LogP contribution < -0.4 is 5.73 Å². The third-order valence-electron chi connectivity index (χ3n) is 2.20. The predicted molar refractivity (Wildman–Crippen MR) is 73.8 cm³/mol. The highest BCUT2D eigenvalue weighted by Gasteiger charge is 2.19. The van der Waals surface area contributed by atoms with Crippen molar-refractivity contribution in [2.24, 2.45) is 5.73 Å². The number of carbonyl (C=O) groups excluding carboxylic acids is 2. The second-order valence-corrected chi connectivity index (χ2v) is 4.55. The largest absolute Gasteiger partial charge is 0.465 e. The highest BCUT2D eigenvalue weighted by atomic mass is 32.1. The number of ether oxygens (including phenoxy) is 1. The molecule has 0 fully saturated rings. The van der Waals surface area contributed by atoms with Crippen molar-refractivity contribution in [1.82, 2.24) is 4.90 Å². The molecule has 0 atom stereocenters. The molecule has 0 unspecified atom stereocenters. The van der Waals surface area contributed by atoms with Crippen molar-refractivity contribution in [2.75, 3.05) is 26.7 Å². The lowest BCUT2D eigenvalue weighted by molar-refractivity contribution is -0.143. The Morgan fingerprint density at radius 3 is 2.89 bits per heavy atom. The Morgan fingerprint density at radius 1 is 1.53 bits per heavy atom. The van der Waals surface area contributed by atoms with Crippen LogP contribution in [0.2, 0.25) is 0 Å². The van der Waals surface area contributed by atoms with Crippen LogP contribution >= 0.6 is 11.3 Å². The number of amides is 1. The first-order chi connectivity index (χ1) is 9.10. The zero-order valence-electron chi connectivity index (χ0n) is 10.9. The molecule has 0 saturated heterocycles. The Labute approximate surface area is 116 Å². The SMILES string of the molecule is CCOC(=O)CN(C)C(=O)c1sccc1C#CCN. The number of hydrogen-bond donors (Lipinski definition) is 1. The summed E-state index contributed by atoms with van der Waals surface area (Å²) in [5.74, 6) is 4.87. The first kappa shape index (κ1) is 15.2. The van der Waals surface area contributed by atoms with E-state index in [1.165, 1.54) is 16.2 Å². The molecule has 0 aromatic carbocycles. The van der Waals surface area contributed by atoms with Gasteiger partial charge in [-0.25, -0.2) is 0 Å². The molecule has 1 heterocycles. The number of carbonyl (C=O) groups is 2. The highest BCUT2D eigenvalue weighted by Crippen LogP contribution is 2.17. The zero-order valence-corrected chi connectivity index (χ0v) is 11.8. The number of nitrogens with zero attached hydrogens (tertiary/aromatic N) is 1. The van der Waals surface area contributed by atoms with Gasteiger partial charge in [0.15, 0.2) is 0 Å². The van der Waals surface area contributed by atoms with Crippen LogP contribution in [-0.2, 0) is 9.53 Å². The molecule has 0 spiro atoms. The van der Waals surface area contributed by atoms with E-state index in [0.717, 1.165) is 0 Å². The van der Waals surface area contributed by atoms with Gasteiger partial charge in [-0.1, -0.05) is 11.8 Å². The smallest absolute Gasteiger partial charge is 0.325 e. The minimum atomic E-state index is -0.426. The fourth-order valence-electron chi connectivity index (χ4n) is 1.37. The summed E-state index contributed by atoms with van der Waals surface area (Å²) in [6.45, 7) is 2.18. The van der Waals surface area contributed by atoms with Crippen molar-refractivity contribution in [3.8, 4) is 11.8 Å². The van der Waals surface area contributed by atoms with E-state index in [1.807, 2.05) is 0 Å². The van der Waals surface area contributed by atoms with Crippen LogP contribution in [0.15, 0.2) is 11.4 Å². The minimum Gasteiger partial charge on any atom is -0.465 e. The molecule has 19 heavy (non-hydrogen) atoms. The summed E-state index contributed by atoms with van der Waals surface area (Å²) in [6.07, 6.45) is 0. The Morgan fingerprint density at radius 2 is 2.26 bits per heavy atom. The van der Waals surface area contributed by atoms with Gasteiger partial charge in [-0.15, -0.1) is 11.3 Å². The van der Waals surface area contributed by atoms with Crippen molar-refractivity contribution in [3.63, 3.8) is 0 Å². The maximum absolute atomic E-state index is 12.2. The third kappa shape index (κ3) is 4.39. The second kappa shape index (κ2) is 7.56. The summed E-state index contributed by atoms with van der Waals surface area (Å²) in [7, 11) is 1.55. The Hall–Kier alpha value is -1.84. The maximum atomic E-state index is 12.2. The van der Waals surface area contributed by atoms with Crippen molar-refractivity contribution in [2.45, 2.75) is 6.92 Å². The Kier molecular flexibility index (Phi) is 6.06. The van der Waals surface area contributed by atoms with Gasteiger partial charge in [0.2, 0.25) is 0 Å². The van der Waals surface area contributed by atoms with E-state index in [4.69, 9.17) is 10.5 Å². The van der Waals surface area contributed by atoms with Crippen LogP contribution in [0, 0.1) is 11.8 Å². The number of thiophene rings is 1. The average molecular weight is 280 g/mol. The van der Waals surface area contributed by atoms with E-state index in [9.17, 15) is 9.59 Å². The highest BCUT2D eigenvalue weighted by molar-refractivity contribution is 7.12. The van der Waals surface area contributed by atoms with E-state index in [1.54, 1.807) is 25.4 Å². The lowest BCUT2D eigenvalue weighted by Gasteiger charge is -2.15. The topological polar surface area (TPSA) is 72.6 Å². The van der Waals surface area contributed by atoms with E-state index in [-0.39, 0.29) is 19.0 Å².